The van der Waals surface area contributed by atoms with Crippen LogP contribution < -0.4 is 4.74 Å². The Labute approximate surface area is 110 Å². The van der Waals surface area contributed by atoms with Gasteiger partial charge in [0.2, 0.25) is 0 Å². The Bertz CT molecular complexity index is 729. The van der Waals surface area contributed by atoms with Gasteiger partial charge in [-0.25, -0.2) is 4.98 Å². The van der Waals surface area contributed by atoms with Crippen LogP contribution in [0.2, 0.25) is 0 Å². The summed E-state index contributed by atoms with van der Waals surface area (Å²) in [7, 11) is 0. The van der Waals surface area contributed by atoms with Crippen LogP contribution in [-0.4, -0.2) is 15.8 Å². The summed E-state index contributed by atoms with van der Waals surface area (Å²) in [5.74, 6) is 1.47. The van der Waals surface area contributed by atoms with Gasteiger partial charge in [0.15, 0.2) is 5.78 Å². The Hall–Kier alpha value is -2.62. The van der Waals surface area contributed by atoms with E-state index in [1.165, 1.54) is 0 Å². The summed E-state index contributed by atoms with van der Waals surface area (Å²) in [4.78, 5) is 18.4. The number of Topliss-reactive ketones (excluding diaryl/α,β-unsaturated/α-hetero) is 1. The minimum Gasteiger partial charge on any atom is -0.457 e. The molecule has 0 fully saturated rings. The molecule has 19 heavy (non-hydrogen) atoms. The van der Waals surface area contributed by atoms with Crippen LogP contribution >= 0.6 is 0 Å². The third kappa shape index (κ3) is 2.33. The molecule has 0 saturated carbocycles. The lowest BCUT2D eigenvalue weighted by Gasteiger charge is -2.06. The topological polar surface area (TPSA) is 55.0 Å². The maximum Gasteiger partial charge on any atom is 0.159 e. The number of hydrogen-bond acceptors (Lipinski definition) is 3. The fraction of sp³-hybridized carbons (Fsp3) is 0.0667. The van der Waals surface area contributed by atoms with Crippen LogP contribution in [-0.2, 0) is 0 Å². The van der Waals surface area contributed by atoms with E-state index in [1.54, 1.807) is 37.5 Å². The number of aromatic amines is 1. The van der Waals surface area contributed by atoms with Gasteiger partial charge in [-0.3, -0.25) is 4.79 Å². The first-order valence-corrected chi connectivity index (χ1v) is 5.94. The number of ether oxygens (including phenoxy) is 1. The molecule has 0 radical (unpaired) electrons. The predicted molar refractivity (Wildman–Crippen MR) is 72.6 cm³/mol. The van der Waals surface area contributed by atoms with Crippen LogP contribution in [0.15, 0.2) is 48.8 Å². The van der Waals surface area contributed by atoms with E-state index in [0.29, 0.717) is 11.3 Å². The number of hydrogen-bond donors (Lipinski definition) is 1. The zero-order valence-electron chi connectivity index (χ0n) is 10.4. The molecule has 1 aromatic heterocycles. The zero-order valence-corrected chi connectivity index (χ0v) is 10.4. The molecule has 4 nitrogen and oxygen atoms in total. The molecule has 4 heteroatoms. The number of rotatable bonds is 3. The van der Waals surface area contributed by atoms with Crippen molar-refractivity contribution in [2.75, 3.05) is 0 Å². The number of aromatic nitrogens is 2. The predicted octanol–water partition coefficient (Wildman–Crippen LogP) is 3.56. The van der Waals surface area contributed by atoms with Crippen molar-refractivity contribution in [3.8, 4) is 11.5 Å². The molecule has 0 bridgehead atoms. The Kier molecular flexibility index (Phi) is 2.76. The van der Waals surface area contributed by atoms with Crippen molar-refractivity contribution in [1.29, 1.82) is 0 Å². The molecule has 0 amide bonds. The molecule has 1 heterocycles. The number of nitrogens with zero attached hydrogens (tertiary/aromatic N) is 1. The molecule has 0 atom stereocenters. The number of fused-ring (bicyclic) bond motifs is 1. The number of nitrogens with one attached hydrogen (secondary N) is 1. The maximum atomic E-state index is 11.2. The van der Waals surface area contributed by atoms with Gasteiger partial charge in [0.1, 0.15) is 11.5 Å². The van der Waals surface area contributed by atoms with Gasteiger partial charge in [0.25, 0.3) is 0 Å². The molecular formula is C15H12N2O2. The van der Waals surface area contributed by atoms with E-state index in [4.69, 9.17) is 4.74 Å². The Morgan fingerprint density at radius 3 is 2.58 bits per heavy atom. The molecular weight excluding hydrogens is 240 g/mol. The van der Waals surface area contributed by atoms with Crippen molar-refractivity contribution >= 4 is 16.8 Å². The minimum absolute atomic E-state index is 0.0467. The number of imidazole rings is 1. The van der Waals surface area contributed by atoms with Crippen molar-refractivity contribution in [3.05, 3.63) is 54.4 Å². The summed E-state index contributed by atoms with van der Waals surface area (Å²) >= 11 is 0. The van der Waals surface area contributed by atoms with Crippen molar-refractivity contribution in [3.63, 3.8) is 0 Å². The quantitative estimate of drug-likeness (QED) is 0.725. The van der Waals surface area contributed by atoms with Gasteiger partial charge >= 0.3 is 0 Å². The second-order valence-corrected chi connectivity index (χ2v) is 4.26. The van der Waals surface area contributed by atoms with Gasteiger partial charge in [-0.05, 0) is 43.3 Å². The van der Waals surface area contributed by atoms with Gasteiger partial charge in [-0.15, -0.1) is 0 Å². The Morgan fingerprint density at radius 2 is 1.84 bits per heavy atom. The normalized spacial score (nSPS) is 10.6. The molecule has 1 N–H and O–H groups in total. The molecule has 3 rings (SSSR count). The first-order valence-electron chi connectivity index (χ1n) is 5.94. The molecule has 0 unspecified atom stereocenters. The average Bonchev–Trinajstić information content (AvgIpc) is 2.87. The first-order chi connectivity index (χ1) is 9.22. The SMILES string of the molecule is CC(=O)c1ccc(Oc2ccc3nc[nH]c3c2)cc1. The van der Waals surface area contributed by atoms with Gasteiger partial charge < -0.3 is 9.72 Å². The lowest BCUT2D eigenvalue weighted by Crippen LogP contribution is -1.91. The highest BCUT2D eigenvalue weighted by molar-refractivity contribution is 5.94. The van der Waals surface area contributed by atoms with Crippen LogP contribution in [0, 0.1) is 0 Å². The summed E-state index contributed by atoms with van der Waals surface area (Å²) in [5, 5.41) is 0. The van der Waals surface area contributed by atoms with Crippen LogP contribution in [0.4, 0.5) is 0 Å². The Morgan fingerprint density at radius 1 is 1.11 bits per heavy atom. The van der Waals surface area contributed by atoms with Gasteiger partial charge in [-0.1, -0.05) is 0 Å². The lowest BCUT2D eigenvalue weighted by molar-refractivity contribution is 0.101. The summed E-state index contributed by atoms with van der Waals surface area (Å²) in [5.41, 5.74) is 2.51. The van der Waals surface area contributed by atoms with Crippen LogP contribution in [0.3, 0.4) is 0 Å². The fourth-order valence-corrected chi connectivity index (χ4v) is 1.87. The third-order valence-corrected chi connectivity index (χ3v) is 2.89. The molecule has 2 aromatic carbocycles. The maximum absolute atomic E-state index is 11.2. The molecule has 3 aromatic rings. The second kappa shape index (κ2) is 4.57. The van der Waals surface area contributed by atoms with Gasteiger partial charge in [0, 0.05) is 11.6 Å². The van der Waals surface area contributed by atoms with Crippen LogP contribution in [0.25, 0.3) is 11.0 Å². The minimum atomic E-state index is 0.0467. The number of ketones is 1. The zero-order chi connectivity index (χ0) is 13.2. The number of H-pyrrole nitrogens is 1. The van der Waals surface area contributed by atoms with E-state index in [1.807, 2.05) is 18.2 Å². The average molecular weight is 252 g/mol. The highest BCUT2D eigenvalue weighted by atomic mass is 16.5. The molecule has 0 spiro atoms. The Balaban J connectivity index is 1.85. The largest absolute Gasteiger partial charge is 0.457 e. The van der Waals surface area contributed by atoms with E-state index < -0.39 is 0 Å². The van der Waals surface area contributed by atoms with E-state index in [0.717, 1.165) is 16.8 Å². The molecule has 0 aliphatic heterocycles. The van der Waals surface area contributed by atoms with Crippen molar-refractivity contribution in [2.45, 2.75) is 6.92 Å². The second-order valence-electron chi connectivity index (χ2n) is 4.26. The highest BCUT2D eigenvalue weighted by Gasteiger charge is 2.02. The number of carbonyl (C=O) groups is 1. The first kappa shape index (κ1) is 11.5. The van der Waals surface area contributed by atoms with E-state index in [2.05, 4.69) is 9.97 Å². The molecule has 0 saturated heterocycles. The van der Waals surface area contributed by atoms with E-state index in [-0.39, 0.29) is 5.78 Å². The van der Waals surface area contributed by atoms with Crippen molar-refractivity contribution in [2.24, 2.45) is 0 Å². The lowest BCUT2D eigenvalue weighted by atomic mass is 10.1. The summed E-state index contributed by atoms with van der Waals surface area (Å²) in [6, 6.07) is 12.7. The summed E-state index contributed by atoms with van der Waals surface area (Å²) in [6.45, 7) is 1.54. The summed E-state index contributed by atoms with van der Waals surface area (Å²) in [6.07, 6.45) is 1.65. The molecule has 0 aliphatic rings. The number of benzene rings is 2. The van der Waals surface area contributed by atoms with Crippen LogP contribution in [0.5, 0.6) is 11.5 Å². The highest BCUT2D eigenvalue weighted by Crippen LogP contribution is 2.24. The van der Waals surface area contributed by atoms with E-state index >= 15 is 0 Å². The van der Waals surface area contributed by atoms with Crippen molar-refractivity contribution in [1.82, 2.24) is 9.97 Å². The standard InChI is InChI=1S/C15H12N2O2/c1-10(18)11-2-4-12(5-3-11)19-13-6-7-14-15(8-13)17-9-16-14/h2-9H,1H3,(H,16,17). The van der Waals surface area contributed by atoms with Gasteiger partial charge in [0.05, 0.1) is 17.4 Å². The van der Waals surface area contributed by atoms with E-state index in [9.17, 15) is 4.79 Å². The van der Waals surface area contributed by atoms with Gasteiger partial charge in [-0.2, -0.15) is 0 Å². The monoisotopic (exact) mass is 252 g/mol. The molecule has 94 valence electrons. The number of carbonyl (C=O) groups excluding carboxylic acids is 1. The van der Waals surface area contributed by atoms with Crippen molar-refractivity contribution < 1.29 is 9.53 Å². The smallest absolute Gasteiger partial charge is 0.159 e. The summed E-state index contributed by atoms with van der Waals surface area (Å²) < 4.78 is 5.73. The molecule has 0 aliphatic carbocycles. The van der Waals surface area contributed by atoms with Crippen LogP contribution in [0.1, 0.15) is 17.3 Å². The fourth-order valence-electron chi connectivity index (χ4n) is 1.87. The third-order valence-electron chi connectivity index (χ3n) is 2.89.